The fraction of sp³-hybridized carbons (Fsp3) is 0.783. The molecular weight excluding hydrogens is 354 g/mol. The predicted octanol–water partition coefficient (Wildman–Crippen LogP) is 4.94. The number of allylic oxidation sites excluding steroid dienone is 4. The van der Waals surface area contributed by atoms with Crippen molar-refractivity contribution in [3.05, 3.63) is 24.3 Å². The van der Waals surface area contributed by atoms with E-state index in [1.807, 2.05) is 57.1 Å². The molecule has 1 rings (SSSR count). The number of carbonyl (C=O) groups is 1. The minimum Gasteiger partial charge on any atom is -0.458 e. The maximum Gasteiger partial charge on any atom is 0.340 e. The van der Waals surface area contributed by atoms with Crippen LogP contribution in [0.1, 0.15) is 87.5 Å². The number of carbonyl (C=O) groups excluding carboxylic acids is 1. The van der Waals surface area contributed by atoms with Crippen LogP contribution in [-0.2, 0) is 14.4 Å². The lowest BCUT2D eigenvalue weighted by atomic mass is 9.82. The fourth-order valence-corrected chi connectivity index (χ4v) is 3.71. The Hall–Kier alpha value is -1.17. The Bertz CT molecular complexity index is 541. The number of hydrogen-bond acceptors (Lipinski definition) is 5. The average molecular weight is 396 g/mol. The maximum atomic E-state index is 12.9. The van der Waals surface area contributed by atoms with Crippen molar-refractivity contribution in [2.75, 3.05) is 0 Å². The second-order valence-electron chi connectivity index (χ2n) is 9.93. The molecular formula is C23H41NO4. The molecule has 0 amide bonds. The van der Waals surface area contributed by atoms with Gasteiger partial charge in [0.05, 0.1) is 6.10 Å². The van der Waals surface area contributed by atoms with Crippen molar-refractivity contribution in [3.8, 4) is 0 Å². The molecule has 0 saturated carbocycles. The molecule has 1 saturated heterocycles. The molecule has 5 heteroatoms. The summed E-state index contributed by atoms with van der Waals surface area (Å²) in [5, 5.41) is 12.7. The van der Waals surface area contributed by atoms with Gasteiger partial charge in [-0.25, -0.2) is 4.79 Å². The molecule has 5 nitrogen and oxygen atoms in total. The topological polar surface area (TPSA) is 59.0 Å². The summed E-state index contributed by atoms with van der Waals surface area (Å²) in [7, 11) is 0. The van der Waals surface area contributed by atoms with E-state index < -0.39 is 23.8 Å². The first-order valence-electron chi connectivity index (χ1n) is 10.5. The van der Waals surface area contributed by atoms with Gasteiger partial charge in [-0.15, -0.1) is 0 Å². The highest BCUT2D eigenvalue weighted by molar-refractivity contribution is 5.75. The zero-order valence-corrected chi connectivity index (χ0v) is 19.1. The molecule has 0 bridgehead atoms. The van der Waals surface area contributed by atoms with E-state index in [1.165, 1.54) is 0 Å². The maximum absolute atomic E-state index is 12.9. The summed E-state index contributed by atoms with van der Waals surface area (Å²) < 4.78 is 5.56. The van der Waals surface area contributed by atoms with E-state index in [4.69, 9.17) is 9.57 Å². The quantitative estimate of drug-likeness (QED) is 0.466. The molecule has 1 fully saturated rings. The van der Waals surface area contributed by atoms with Gasteiger partial charge in [0, 0.05) is 11.1 Å². The molecule has 28 heavy (non-hydrogen) atoms. The predicted molar refractivity (Wildman–Crippen MR) is 114 cm³/mol. The third-order valence-electron chi connectivity index (χ3n) is 4.95. The Balaban J connectivity index is 3.00. The smallest absolute Gasteiger partial charge is 0.340 e. The van der Waals surface area contributed by atoms with E-state index in [0.717, 1.165) is 19.3 Å². The van der Waals surface area contributed by atoms with E-state index >= 15 is 0 Å². The van der Waals surface area contributed by atoms with Crippen LogP contribution in [0.25, 0.3) is 0 Å². The lowest BCUT2D eigenvalue weighted by molar-refractivity contribution is -0.315. The second-order valence-corrected chi connectivity index (χ2v) is 9.93. The Morgan fingerprint density at radius 1 is 1.14 bits per heavy atom. The number of hydroxylamine groups is 2. The monoisotopic (exact) mass is 395 g/mol. The number of nitrogens with zero attached hydrogens (tertiary/aromatic N) is 1. The molecule has 1 aliphatic heterocycles. The van der Waals surface area contributed by atoms with Crippen LogP contribution in [0.4, 0.5) is 0 Å². The lowest BCUT2D eigenvalue weighted by Gasteiger charge is -2.52. The third kappa shape index (κ3) is 7.69. The van der Waals surface area contributed by atoms with E-state index in [0.29, 0.717) is 12.8 Å². The van der Waals surface area contributed by atoms with E-state index in [2.05, 4.69) is 27.7 Å². The Kier molecular flexibility index (Phi) is 8.92. The van der Waals surface area contributed by atoms with Gasteiger partial charge in [-0.3, -0.25) is 4.84 Å². The normalized spacial score (nSPS) is 22.5. The van der Waals surface area contributed by atoms with Crippen molar-refractivity contribution in [1.29, 1.82) is 0 Å². The largest absolute Gasteiger partial charge is 0.458 e. The summed E-state index contributed by atoms with van der Waals surface area (Å²) in [6.07, 6.45) is 9.93. The molecule has 0 unspecified atom stereocenters. The molecule has 1 N–H and O–H groups in total. The van der Waals surface area contributed by atoms with Gasteiger partial charge in [-0.05, 0) is 87.5 Å². The van der Waals surface area contributed by atoms with Crippen molar-refractivity contribution < 1.29 is 19.5 Å². The van der Waals surface area contributed by atoms with Gasteiger partial charge in [0.2, 0.25) is 6.10 Å². The van der Waals surface area contributed by atoms with Gasteiger partial charge in [-0.1, -0.05) is 24.3 Å². The first-order valence-corrected chi connectivity index (χ1v) is 10.5. The van der Waals surface area contributed by atoms with Gasteiger partial charge in [-0.2, -0.15) is 5.06 Å². The highest BCUT2D eigenvalue weighted by atomic mass is 16.7. The van der Waals surface area contributed by atoms with Crippen molar-refractivity contribution >= 4 is 5.97 Å². The van der Waals surface area contributed by atoms with Crippen LogP contribution in [0.5, 0.6) is 0 Å². The van der Waals surface area contributed by atoms with Crippen LogP contribution < -0.4 is 0 Å². The molecule has 1 aliphatic rings. The molecule has 162 valence electrons. The third-order valence-corrected chi connectivity index (χ3v) is 4.95. The van der Waals surface area contributed by atoms with Crippen LogP contribution in [0, 0.1) is 0 Å². The summed E-state index contributed by atoms with van der Waals surface area (Å²) in [4.78, 5) is 19.1. The van der Waals surface area contributed by atoms with Crippen molar-refractivity contribution in [2.24, 2.45) is 0 Å². The SMILES string of the molecule is C/C=C/C=C\CC[C@@H](O)[C@@H](ON1C(C)(C)CCCC1(C)C)C(=O)OC(C)(C)C. The average Bonchev–Trinajstić information content (AvgIpc) is 2.51. The number of hydrogen-bond donors (Lipinski definition) is 1. The molecule has 0 aromatic heterocycles. The number of piperidine rings is 1. The lowest BCUT2D eigenvalue weighted by Crippen LogP contribution is -2.61. The number of aliphatic hydroxyl groups excluding tert-OH is 1. The first kappa shape index (κ1) is 24.9. The first-order chi connectivity index (χ1) is 12.8. The van der Waals surface area contributed by atoms with Gasteiger partial charge in [0.1, 0.15) is 5.60 Å². The van der Waals surface area contributed by atoms with Crippen LogP contribution in [0.2, 0.25) is 0 Å². The Morgan fingerprint density at radius 3 is 2.21 bits per heavy atom. The minimum absolute atomic E-state index is 0.229. The fourth-order valence-electron chi connectivity index (χ4n) is 3.71. The van der Waals surface area contributed by atoms with Crippen molar-refractivity contribution in [1.82, 2.24) is 5.06 Å². The van der Waals surface area contributed by atoms with E-state index in [-0.39, 0.29) is 11.1 Å². The van der Waals surface area contributed by atoms with E-state index in [9.17, 15) is 9.90 Å². The summed E-state index contributed by atoms with van der Waals surface area (Å²) in [6, 6.07) is 0. The minimum atomic E-state index is -1.05. The molecule has 2 atom stereocenters. The van der Waals surface area contributed by atoms with E-state index in [1.54, 1.807) is 0 Å². The number of aliphatic hydroxyl groups is 1. The Labute approximate surface area is 171 Å². The molecule has 1 heterocycles. The zero-order chi connectivity index (χ0) is 21.6. The molecule has 0 radical (unpaired) electrons. The standard InChI is InChI=1S/C23H41NO4/c1-9-10-11-12-13-15-18(25)19(20(26)27-21(2,3)4)28-24-22(5,6)16-14-17-23(24,7)8/h9-12,18-19,25H,13-17H2,1-8H3/b10-9+,12-11-/t18-,19-/m1/s1. The van der Waals surface area contributed by atoms with Gasteiger partial charge in [0.15, 0.2) is 0 Å². The van der Waals surface area contributed by atoms with Crippen LogP contribution in [-0.4, -0.2) is 45.0 Å². The van der Waals surface area contributed by atoms with Crippen molar-refractivity contribution in [3.63, 3.8) is 0 Å². The molecule has 0 aromatic carbocycles. The summed E-state index contributed by atoms with van der Waals surface area (Å²) in [6.45, 7) is 15.9. The van der Waals surface area contributed by atoms with Crippen LogP contribution in [0.3, 0.4) is 0 Å². The Morgan fingerprint density at radius 2 is 1.71 bits per heavy atom. The van der Waals surface area contributed by atoms with Gasteiger partial charge >= 0.3 is 5.97 Å². The summed E-state index contributed by atoms with van der Waals surface area (Å²) in [5.74, 6) is -0.519. The number of ether oxygens (including phenoxy) is 1. The zero-order valence-electron chi connectivity index (χ0n) is 19.1. The second kappa shape index (κ2) is 10.0. The molecule has 0 aliphatic carbocycles. The number of rotatable bonds is 8. The summed E-state index contributed by atoms with van der Waals surface area (Å²) in [5.41, 5.74) is -1.10. The summed E-state index contributed by atoms with van der Waals surface area (Å²) >= 11 is 0. The van der Waals surface area contributed by atoms with Crippen LogP contribution in [0.15, 0.2) is 24.3 Å². The van der Waals surface area contributed by atoms with Gasteiger partial charge in [0.25, 0.3) is 0 Å². The van der Waals surface area contributed by atoms with Crippen LogP contribution >= 0.6 is 0 Å². The highest BCUT2D eigenvalue weighted by Gasteiger charge is 2.46. The van der Waals surface area contributed by atoms with Gasteiger partial charge < -0.3 is 9.84 Å². The number of esters is 1. The molecule has 0 spiro atoms. The molecule has 0 aromatic rings. The highest BCUT2D eigenvalue weighted by Crippen LogP contribution is 2.39. The van der Waals surface area contributed by atoms with Crippen molar-refractivity contribution in [2.45, 2.75) is 116 Å².